The number of hydrogen-bond acceptors (Lipinski definition) is 11. The summed E-state index contributed by atoms with van der Waals surface area (Å²) in [4.78, 5) is 39.6. The molecule has 0 amide bonds. The lowest BCUT2D eigenvalue weighted by Crippen LogP contribution is -2.39. The molecule has 11 nitrogen and oxygen atoms in total. The van der Waals surface area contributed by atoms with Crippen LogP contribution in [0.4, 0.5) is 0 Å². The third-order valence-electron chi connectivity index (χ3n) is 6.87. The number of rotatable bonds is 15. The van der Waals surface area contributed by atoms with Gasteiger partial charge in [-0.05, 0) is 42.8 Å². The van der Waals surface area contributed by atoms with Gasteiger partial charge >= 0.3 is 17.9 Å². The smallest absolute Gasteiger partial charge is 0.345 e. The molecule has 0 spiro atoms. The standard InChI is InChI=1S/C32H36O11/c1-7-32(18-41-29(33)21-12-8-9-13-22(21)36-2,19-42-30(34)27-23(37-3)14-10-15-24(27)38-4)20-43-31(35)28-25(39-5)16-11-17-26(28)40-6/h8-17H,7,18-20H2,1-6H3. The molecule has 0 bridgehead atoms. The van der Waals surface area contributed by atoms with Gasteiger partial charge in [0.1, 0.15) is 65.3 Å². The highest BCUT2D eigenvalue weighted by Crippen LogP contribution is 2.33. The second-order valence-electron chi connectivity index (χ2n) is 9.36. The number of para-hydroxylation sites is 1. The molecule has 0 N–H and O–H groups in total. The fraction of sp³-hybridized carbons (Fsp3) is 0.344. The van der Waals surface area contributed by atoms with Crippen molar-refractivity contribution in [2.45, 2.75) is 13.3 Å². The van der Waals surface area contributed by atoms with Crippen molar-refractivity contribution in [3.63, 3.8) is 0 Å². The van der Waals surface area contributed by atoms with E-state index in [2.05, 4.69) is 0 Å². The number of esters is 3. The summed E-state index contributed by atoms with van der Waals surface area (Å²) in [5.74, 6) is -0.786. The van der Waals surface area contributed by atoms with Crippen LogP contribution in [0.25, 0.3) is 0 Å². The highest BCUT2D eigenvalue weighted by atomic mass is 16.6. The highest BCUT2D eigenvalue weighted by molar-refractivity contribution is 5.96. The van der Waals surface area contributed by atoms with Gasteiger partial charge in [-0.1, -0.05) is 31.2 Å². The van der Waals surface area contributed by atoms with E-state index in [4.69, 9.17) is 37.9 Å². The second-order valence-corrected chi connectivity index (χ2v) is 9.36. The summed E-state index contributed by atoms with van der Waals surface area (Å²) >= 11 is 0. The van der Waals surface area contributed by atoms with Crippen LogP contribution in [-0.4, -0.2) is 73.3 Å². The first-order valence-corrected chi connectivity index (χ1v) is 13.3. The number of ether oxygens (including phenoxy) is 8. The zero-order chi connectivity index (χ0) is 31.4. The molecule has 3 aromatic rings. The van der Waals surface area contributed by atoms with Gasteiger partial charge in [-0.15, -0.1) is 0 Å². The van der Waals surface area contributed by atoms with Gasteiger partial charge in [0.2, 0.25) is 0 Å². The topological polar surface area (TPSA) is 125 Å². The Morgan fingerprint density at radius 2 is 0.860 bits per heavy atom. The van der Waals surface area contributed by atoms with Gasteiger partial charge < -0.3 is 37.9 Å². The molecule has 0 fully saturated rings. The average Bonchev–Trinajstić information content (AvgIpc) is 3.06. The normalized spacial score (nSPS) is 10.7. The zero-order valence-electron chi connectivity index (χ0n) is 25.1. The summed E-state index contributed by atoms with van der Waals surface area (Å²) in [7, 11) is 7.13. The van der Waals surface area contributed by atoms with E-state index in [1.165, 1.54) is 35.5 Å². The second kappa shape index (κ2) is 15.3. The summed E-state index contributed by atoms with van der Waals surface area (Å²) < 4.78 is 43.7. The maximum absolute atomic E-state index is 13.3. The van der Waals surface area contributed by atoms with Gasteiger partial charge in [-0.25, -0.2) is 14.4 Å². The third kappa shape index (κ3) is 7.68. The van der Waals surface area contributed by atoms with Crippen LogP contribution in [0.2, 0.25) is 0 Å². The number of benzene rings is 3. The molecule has 0 aliphatic heterocycles. The Bertz CT molecular complexity index is 1300. The van der Waals surface area contributed by atoms with Crippen molar-refractivity contribution in [2.75, 3.05) is 55.4 Å². The van der Waals surface area contributed by atoms with Crippen molar-refractivity contribution in [2.24, 2.45) is 5.41 Å². The van der Waals surface area contributed by atoms with E-state index in [0.29, 0.717) is 12.2 Å². The average molecular weight is 597 g/mol. The van der Waals surface area contributed by atoms with E-state index in [9.17, 15) is 14.4 Å². The maximum Gasteiger partial charge on any atom is 0.345 e. The van der Waals surface area contributed by atoms with E-state index in [0.717, 1.165) is 0 Å². The van der Waals surface area contributed by atoms with Crippen LogP contribution in [0.5, 0.6) is 28.7 Å². The fourth-order valence-electron chi connectivity index (χ4n) is 4.23. The third-order valence-corrected chi connectivity index (χ3v) is 6.87. The highest BCUT2D eigenvalue weighted by Gasteiger charge is 2.36. The first kappa shape index (κ1) is 32.6. The number of hydrogen-bond donors (Lipinski definition) is 0. The Hall–Kier alpha value is -4.93. The Morgan fingerprint density at radius 3 is 1.23 bits per heavy atom. The van der Waals surface area contributed by atoms with Crippen LogP contribution >= 0.6 is 0 Å². The molecule has 11 heteroatoms. The monoisotopic (exact) mass is 596 g/mol. The summed E-state index contributed by atoms with van der Waals surface area (Å²) in [5, 5.41) is 0. The van der Waals surface area contributed by atoms with Gasteiger partial charge in [0, 0.05) is 0 Å². The molecule has 0 aliphatic carbocycles. The Balaban J connectivity index is 1.90. The summed E-state index contributed by atoms with van der Waals surface area (Å²) in [6, 6.07) is 16.4. The van der Waals surface area contributed by atoms with Crippen LogP contribution in [0, 0.1) is 5.41 Å². The fourth-order valence-corrected chi connectivity index (χ4v) is 4.23. The van der Waals surface area contributed by atoms with Crippen molar-refractivity contribution < 1.29 is 52.3 Å². The summed E-state index contributed by atoms with van der Waals surface area (Å²) in [5.41, 5.74) is -0.770. The molecular weight excluding hydrogens is 560 g/mol. The van der Waals surface area contributed by atoms with E-state index >= 15 is 0 Å². The minimum atomic E-state index is -1.15. The van der Waals surface area contributed by atoms with E-state index in [1.54, 1.807) is 67.6 Å². The molecule has 0 aliphatic rings. The lowest BCUT2D eigenvalue weighted by molar-refractivity contribution is -0.0384. The SMILES string of the molecule is CCC(COC(=O)c1ccccc1OC)(COC(=O)c1c(OC)cccc1OC)COC(=O)c1c(OC)cccc1OC. The first-order valence-electron chi connectivity index (χ1n) is 13.3. The van der Waals surface area contributed by atoms with Gasteiger partial charge in [-0.3, -0.25) is 0 Å². The van der Waals surface area contributed by atoms with E-state index in [-0.39, 0.29) is 59.5 Å². The van der Waals surface area contributed by atoms with Gasteiger partial charge in [0.15, 0.2) is 0 Å². The van der Waals surface area contributed by atoms with Crippen molar-refractivity contribution in [3.8, 4) is 28.7 Å². The zero-order valence-corrected chi connectivity index (χ0v) is 25.1. The van der Waals surface area contributed by atoms with Crippen molar-refractivity contribution >= 4 is 17.9 Å². The van der Waals surface area contributed by atoms with Crippen LogP contribution in [-0.2, 0) is 14.2 Å². The predicted molar refractivity (Wildman–Crippen MR) is 156 cm³/mol. The molecule has 0 unspecified atom stereocenters. The molecule has 230 valence electrons. The molecule has 0 atom stereocenters. The molecule has 3 rings (SSSR count). The first-order chi connectivity index (χ1) is 20.8. The van der Waals surface area contributed by atoms with E-state index < -0.39 is 23.3 Å². The predicted octanol–water partition coefficient (Wildman–Crippen LogP) is 5.00. The van der Waals surface area contributed by atoms with E-state index in [1.807, 2.05) is 0 Å². The maximum atomic E-state index is 13.3. The summed E-state index contributed by atoms with van der Waals surface area (Å²) in [6.45, 7) is 0.983. The molecule has 3 aromatic carbocycles. The quantitative estimate of drug-likeness (QED) is 0.174. The lowest BCUT2D eigenvalue weighted by Gasteiger charge is -2.31. The molecule has 43 heavy (non-hydrogen) atoms. The van der Waals surface area contributed by atoms with Crippen LogP contribution in [0.15, 0.2) is 60.7 Å². The van der Waals surface area contributed by atoms with Crippen LogP contribution in [0.1, 0.15) is 44.4 Å². The van der Waals surface area contributed by atoms with Crippen molar-refractivity contribution in [3.05, 3.63) is 77.4 Å². The molecule has 0 saturated carbocycles. The minimum absolute atomic E-state index is 0.0827. The Labute approximate surface area is 250 Å². The largest absolute Gasteiger partial charge is 0.496 e. The minimum Gasteiger partial charge on any atom is -0.496 e. The van der Waals surface area contributed by atoms with Crippen molar-refractivity contribution in [1.29, 1.82) is 0 Å². The summed E-state index contributed by atoms with van der Waals surface area (Å²) in [6.07, 6.45) is 0.291. The van der Waals surface area contributed by atoms with Crippen LogP contribution in [0.3, 0.4) is 0 Å². The molecule has 0 aromatic heterocycles. The molecular formula is C32H36O11. The van der Waals surface area contributed by atoms with Crippen molar-refractivity contribution in [1.82, 2.24) is 0 Å². The molecule has 0 radical (unpaired) electrons. The Kier molecular flexibility index (Phi) is 11.6. The lowest BCUT2D eigenvalue weighted by atomic mass is 9.88. The van der Waals surface area contributed by atoms with Crippen LogP contribution < -0.4 is 23.7 Å². The molecule has 0 saturated heterocycles. The molecule has 0 heterocycles. The number of methoxy groups -OCH3 is 5. The van der Waals surface area contributed by atoms with Gasteiger partial charge in [0.25, 0.3) is 0 Å². The number of carbonyl (C=O) groups is 3. The number of carbonyl (C=O) groups excluding carboxylic acids is 3. The Morgan fingerprint density at radius 1 is 0.512 bits per heavy atom. The van der Waals surface area contributed by atoms with Gasteiger partial charge in [-0.2, -0.15) is 0 Å². The van der Waals surface area contributed by atoms with Gasteiger partial charge in [0.05, 0.1) is 41.0 Å².